The Labute approximate surface area is 121 Å². The molecule has 7 heteroatoms. The Balaban J connectivity index is 2.04. The summed E-state index contributed by atoms with van der Waals surface area (Å²) in [7, 11) is 0. The fourth-order valence-corrected chi connectivity index (χ4v) is 3.09. The molecular formula is C13H18N2O4S. The zero-order valence-electron chi connectivity index (χ0n) is 11.2. The Hall–Kier alpha value is -1.60. The van der Waals surface area contributed by atoms with Crippen molar-refractivity contribution in [3.05, 3.63) is 22.4 Å². The van der Waals surface area contributed by atoms with Gasteiger partial charge in [0.05, 0.1) is 12.1 Å². The third-order valence-electron chi connectivity index (χ3n) is 3.30. The van der Waals surface area contributed by atoms with Gasteiger partial charge in [-0.1, -0.05) is 6.07 Å². The smallest absolute Gasteiger partial charge is 0.331 e. The maximum atomic E-state index is 12.1. The number of carboxylic acid groups (broad SMARTS) is 1. The number of amides is 2. The number of aliphatic carboxylic acids is 1. The molecule has 0 spiro atoms. The molecule has 2 unspecified atom stereocenters. The van der Waals surface area contributed by atoms with Gasteiger partial charge < -0.3 is 20.4 Å². The molecule has 6 nitrogen and oxygen atoms in total. The van der Waals surface area contributed by atoms with Crippen molar-refractivity contribution in [1.29, 1.82) is 0 Å². The molecule has 0 radical (unpaired) electrons. The van der Waals surface area contributed by atoms with E-state index in [2.05, 4.69) is 5.32 Å². The van der Waals surface area contributed by atoms with Crippen LogP contribution in [0.25, 0.3) is 0 Å². The van der Waals surface area contributed by atoms with Crippen LogP contribution in [0.3, 0.4) is 0 Å². The molecule has 2 amide bonds. The standard InChI is InChI=1S/C13H18N2O4S/c1-13(19)5-3-6-15(8-13)12(18)14-10(11(16)17)9-4-2-7-20-9/h2,4,7,10,19H,3,5-6,8H2,1H3,(H,14,18)(H,16,17). The average Bonchev–Trinajstić information content (AvgIpc) is 2.87. The third-order valence-corrected chi connectivity index (χ3v) is 4.24. The fraction of sp³-hybridized carbons (Fsp3) is 0.538. The summed E-state index contributed by atoms with van der Waals surface area (Å²) in [5, 5.41) is 23.5. The Bertz CT molecular complexity index is 487. The number of piperidine rings is 1. The minimum absolute atomic E-state index is 0.218. The van der Waals surface area contributed by atoms with Crippen molar-refractivity contribution in [2.24, 2.45) is 0 Å². The maximum Gasteiger partial charge on any atom is 0.331 e. The van der Waals surface area contributed by atoms with Crippen LogP contribution in [0.4, 0.5) is 4.79 Å². The highest BCUT2D eigenvalue weighted by Gasteiger charge is 2.33. The van der Waals surface area contributed by atoms with Gasteiger partial charge in [-0.05, 0) is 31.2 Å². The molecule has 1 aliphatic heterocycles. The van der Waals surface area contributed by atoms with Gasteiger partial charge in [0.15, 0.2) is 6.04 Å². The Morgan fingerprint density at radius 2 is 2.30 bits per heavy atom. The normalized spacial score (nSPS) is 24.2. The van der Waals surface area contributed by atoms with Gasteiger partial charge in [0.1, 0.15) is 0 Å². The first-order chi connectivity index (χ1) is 9.39. The van der Waals surface area contributed by atoms with Crippen LogP contribution in [0, 0.1) is 0 Å². The topological polar surface area (TPSA) is 89.9 Å². The van der Waals surface area contributed by atoms with Crippen molar-refractivity contribution < 1.29 is 19.8 Å². The predicted octanol–water partition coefficient (Wildman–Crippen LogP) is 1.43. The van der Waals surface area contributed by atoms with Crippen LogP contribution >= 0.6 is 11.3 Å². The van der Waals surface area contributed by atoms with Crippen LogP contribution in [0.2, 0.25) is 0 Å². The van der Waals surface area contributed by atoms with Crippen molar-refractivity contribution in [3.63, 3.8) is 0 Å². The molecule has 2 heterocycles. The number of rotatable bonds is 3. The second kappa shape index (κ2) is 5.80. The average molecular weight is 298 g/mol. The minimum Gasteiger partial charge on any atom is -0.479 e. The highest BCUT2D eigenvalue weighted by molar-refractivity contribution is 7.10. The zero-order valence-corrected chi connectivity index (χ0v) is 12.0. The van der Waals surface area contributed by atoms with Gasteiger partial charge >= 0.3 is 12.0 Å². The summed E-state index contributed by atoms with van der Waals surface area (Å²) < 4.78 is 0. The largest absolute Gasteiger partial charge is 0.479 e. The summed E-state index contributed by atoms with van der Waals surface area (Å²) in [6.45, 7) is 2.43. The van der Waals surface area contributed by atoms with Gasteiger partial charge in [-0.3, -0.25) is 0 Å². The lowest BCUT2D eigenvalue weighted by Crippen LogP contribution is -2.52. The first-order valence-electron chi connectivity index (χ1n) is 6.43. The van der Waals surface area contributed by atoms with E-state index in [0.717, 1.165) is 0 Å². The maximum absolute atomic E-state index is 12.1. The van der Waals surface area contributed by atoms with Crippen LogP contribution < -0.4 is 5.32 Å². The van der Waals surface area contributed by atoms with E-state index in [0.29, 0.717) is 24.3 Å². The second-order valence-corrected chi connectivity index (χ2v) is 6.24. The first-order valence-corrected chi connectivity index (χ1v) is 7.31. The molecule has 1 aliphatic rings. The van der Waals surface area contributed by atoms with E-state index in [-0.39, 0.29) is 6.54 Å². The van der Waals surface area contributed by atoms with Crippen LogP contribution in [-0.2, 0) is 4.79 Å². The lowest BCUT2D eigenvalue weighted by atomic mass is 9.95. The zero-order chi connectivity index (χ0) is 14.8. The number of carbonyl (C=O) groups excluding carboxylic acids is 1. The fourth-order valence-electron chi connectivity index (χ4n) is 2.32. The quantitative estimate of drug-likeness (QED) is 0.787. The number of nitrogens with zero attached hydrogens (tertiary/aromatic N) is 1. The number of carboxylic acids is 1. The molecular weight excluding hydrogens is 280 g/mol. The van der Waals surface area contributed by atoms with Gasteiger partial charge in [0.2, 0.25) is 0 Å². The van der Waals surface area contributed by atoms with Gasteiger partial charge in [0, 0.05) is 11.4 Å². The summed E-state index contributed by atoms with van der Waals surface area (Å²) >= 11 is 1.28. The van der Waals surface area contributed by atoms with E-state index >= 15 is 0 Å². The lowest BCUT2D eigenvalue weighted by molar-refractivity contribution is -0.139. The highest BCUT2D eigenvalue weighted by Crippen LogP contribution is 2.22. The molecule has 0 saturated carbocycles. The Morgan fingerprint density at radius 3 is 2.85 bits per heavy atom. The molecule has 1 aromatic heterocycles. The predicted molar refractivity (Wildman–Crippen MR) is 74.7 cm³/mol. The SMILES string of the molecule is CC1(O)CCCN(C(=O)NC(C(=O)O)c2cccs2)C1. The summed E-state index contributed by atoms with van der Waals surface area (Å²) in [6.07, 6.45) is 1.35. The molecule has 0 bridgehead atoms. The minimum atomic E-state index is -1.09. The number of hydrogen-bond acceptors (Lipinski definition) is 4. The van der Waals surface area contributed by atoms with E-state index in [9.17, 15) is 19.8 Å². The lowest BCUT2D eigenvalue weighted by Gasteiger charge is -2.37. The van der Waals surface area contributed by atoms with E-state index in [4.69, 9.17) is 0 Å². The van der Waals surface area contributed by atoms with Crippen molar-refractivity contribution in [1.82, 2.24) is 10.2 Å². The molecule has 2 rings (SSSR count). The number of nitrogens with one attached hydrogen (secondary N) is 1. The number of β-amino-alcohol motifs (C(OH)–C–C–N with tert-alkyl or cyclic N) is 1. The number of aliphatic hydroxyl groups is 1. The molecule has 1 aromatic rings. The van der Waals surface area contributed by atoms with Crippen LogP contribution in [0.5, 0.6) is 0 Å². The summed E-state index contributed by atoms with van der Waals surface area (Å²) in [6, 6.07) is 1.92. The Morgan fingerprint density at radius 1 is 1.55 bits per heavy atom. The summed E-state index contributed by atoms with van der Waals surface area (Å²) in [5.41, 5.74) is -0.906. The van der Waals surface area contributed by atoms with E-state index in [1.807, 2.05) is 0 Å². The summed E-state index contributed by atoms with van der Waals surface area (Å²) in [4.78, 5) is 25.5. The number of urea groups is 1. The number of carbonyl (C=O) groups is 2. The molecule has 0 aliphatic carbocycles. The van der Waals surface area contributed by atoms with Crippen LogP contribution in [0.1, 0.15) is 30.7 Å². The number of likely N-dealkylation sites (tertiary alicyclic amines) is 1. The van der Waals surface area contributed by atoms with E-state index in [1.165, 1.54) is 16.2 Å². The number of thiophene rings is 1. The van der Waals surface area contributed by atoms with E-state index in [1.54, 1.807) is 24.4 Å². The van der Waals surface area contributed by atoms with Gasteiger partial charge in [-0.2, -0.15) is 0 Å². The molecule has 110 valence electrons. The first kappa shape index (κ1) is 14.8. The van der Waals surface area contributed by atoms with Gasteiger partial charge in [0.25, 0.3) is 0 Å². The monoisotopic (exact) mass is 298 g/mol. The van der Waals surface area contributed by atoms with Crippen molar-refractivity contribution >= 4 is 23.3 Å². The van der Waals surface area contributed by atoms with Gasteiger partial charge in [-0.25, -0.2) is 9.59 Å². The molecule has 1 saturated heterocycles. The molecule has 20 heavy (non-hydrogen) atoms. The highest BCUT2D eigenvalue weighted by atomic mass is 32.1. The third kappa shape index (κ3) is 3.49. The van der Waals surface area contributed by atoms with Crippen LogP contribution in [0.15, 0.2) is 17.5 Å². The number of hydrogen-bond donors (Lipinski definition) is 3. The van der Waals surface area contributed by atoms with Crippen molar-refractivity contribution in [3.8, 4) is 0 Å². The Kier molecular flexibility index (Phi) is 4.29. The van der Waals surface area contributed by atoms with E-state index < -0.39 is 23.6 Å². The molecule has 0 aromatic carbocycles. The van der Waals surface area contributed by atoms with Crippen molar-refractivity contribution in [2.75, 3.05) is 13.1 Å². The second-order valence-electron chi connectivity index (χ2n) is 5.26. The molecule has 1 fully saturated rings. The van der Waals surface area contributed by atoms with Gasteiger partial charge in [-0.15, -0.1) is 11.3 Å². The van der Waals surface area contributed by atoms with Crippen molar-refractivity contribution in [2.45, 2.75) is 31.4 Å². The molecule has 2 atom stereocenters. The molecule has 3 N–H and O–H groups in total. The summed E-state index contributed by atoms with van der Waals surface area (Å²) in [5.74, 6) is -1.09. The van der Waals surface area contributed by atoms with Crippen LogP contribution in [-0.4, -0.2) is 45.8 Å².